The monoisotopic (exact) mass is 324 g/mol. The van der Waals surface area contributed by atoms with E-state index in [-0.39, 0.29) is 5.78 Å². The Morgan fingerprint density at radius 1 is 1.47 bits per heavy atom. The van der Waals surface area contributed by atoms with Crippen molar-refractivity contribution in [2.75, 3.05) is 0 Å². The lowest BCUT2D eigenvalue weighted by atomic mass is 10.1. The van der Waals surface area contributed by atoms with Crippen LogP contribution in [0.2, 0.25) is 0 Å². The first-order valence-electron chi connectivity index (χ1n) is 5.93. The second kappa shape index (κ2) is 5.97. The SMILES string of the molecule is O=C(/C=[N+](\[O-])[C@H]1CCC/C1=N/O)c1ccc(Br)cc1. The topological polar surface area (TPSA) is 75.7 Å². The molecule has 0 amide bonds. The zero-order valence-corrected chi connectivity index (χ0v) is 11.7. The van der Waals surface area contributed by atoms with Crippen LogP contribution in [-0.4, -0.2) is 33.7 Å². The van der Waals surface area contributed by atoms with E-state index in [0.717, 1.165) is 17.1 Å². The third-order valence-corrected chi connectivity index (χ3v) is 3.63. The van der Waals surface area contributed by atoms with E-state index in [1.54, 1.807) is 24.3 Å². The molecule has 1 aliphatic rings. The van der Waals surface area contributed by atoms with Crippen LogP contribution >= 0.6 is 15.9 Å². The second-order valence-electron chi connectivity index (χ2n) is 4.36. The summed E-state index contributed by atoms with van der Waals surface area (Å²) in [6.07, 6.45) is 3.01. The zero-order chi connectivity index (χ0) is 13.8. The number of carbonyl (C=O) groups is 1. The van der Waals surface area contributed by atoms with Crippen molar-refractivity contribution in [2.24, 2.45) is 5.16 Å². The van der Waals surface area contributed by atoms with Gasteiger partial charge in [0, 0.05) is 16.5 Å². The number of nitrogens with zero attached hydrogens (tertiary/aromatic N) is 2. The van der Waals surface area contributed by atoms with Crippen LogP contribution in [0.5, 0.6) is 0 Å². The van der Waals surface area contributed by atoms with E-state index in [4.69, 9.17) is 5.21 Å². The molecule has 0 heterocycles. The van der Waals surface area contributed by atoms with E-state index in [2.05, 4.69) is 21.1 Å². The van der Waals surface area contributed by atoms with Gasteiger partial charge in [-0.05, 0) is 37.1 Å². The summed E-state index contributed by atoms with van der Waals surface area (Å²) in [4.78, 5) is 11.9. The summed E-state index contributed by atoms with van der Waals surface area (Å²) in [7, 11) is 0. The van der Waals surface area contributed by atoms with Gasteiger partial charge < -0.3 is 10.4 Å². The summed E-state index contributed by atoms with van der Waals surface area (Å²) < 4.78 is 1.46. The Balaban J connectivity index is 2.16. The highest BCUT2D eigenvalue weighted by molar-refractivity contribution is 9.10. The Morgan fingerprint density at radius 3 is 2.79 bits per heavy atom. The van der Waals surface area contributed by atoms with Gasteiger partial charge in [-0.25, -0.2) is 0 Å². The lowest BCUT2D eigenvalue weighted by Gasteiger charge is -2.10. The maximum Gasteiger partial charge on any atom is 0.249 e. The Morgan fingerprint density at radius 2 is 2.16 bits per heavy atom. The second-order valence-corrected chi connectivity index (χ2v) is 5.28. The summed E-state index contributed by atoms with van der Waals surface area (Å²) in [5, 5.41) is 23.8. The number of oxime groups is 1. The number of hydrogen-bond donors (Lipinski definition) is 1. The lowest BCUT2D eigenvalue weighted by Crippen LogP contribution is -2.28. The number of ketones is 1. The van der Waals surface area contributed by atoms with Crippen molar-refractivity contribution in [3.8, 4) is 0 Å². The van der Waals surface area contributed by atoms with E-state index < -0.39 is 6.04 Å². The van der Waals surface area contributed by atoms with Crippen molar-refractivity contribution in [2.45, 2.75) is 25.3 Å². The Kier molecular flexibility index (Phi) is 4.31. The quantitative estimate of drug-likeness (QED) is 0.232. The highest BCUT2D eigenvalue weighted by Gasteiger charge is 2.30. The molecule has 0 aromatic heterocycles. The molecular formula is C13H13BrN2O3. The molecule has 100 valence electrons. The predicted molar refractivity (Wildman–Crippen MR) is 75.0 cm³/mol. The largest absolute Gasteiger partial charge is 0.623 e. The molecule has 1 saturated carbocycles. The maximum absolute atomic E-state index is 11.9. The van der Waals surface area contributed by atoms with Crippen LogP contribution in [0.4, 0.5) is 0 Å². The molecule has 0 aliphatic heterocycles. The summed E-state index contributed by atoms with van der Waals surface area (Å²) in [5.41, 5.74) is 0.888. The molecule has 2 rings (SSSR count). The number of rotatable bonds is 3. The van der Waals surface area contributed by atoms with Gasteiger partial charge in [-0.15, -0.1) is 0 Å². The molecule has 19 heavy (non-hydrogen) atoms. The summed E-state index contributed by atoms with van der Waals surface area (Å²) >= 11 is 3.28. The Labute approximate surface area is 119 Å². The average Bonchev–Trinajstić information content (AvgIpc) is 2.87. The van der Waals surface area contributed by atoms with E-state index in [1.807, 2.05) is 0 Å². The van der Waals surface area contributed by atoms with Crippen LogP contribution in [0, 0.1) is 5.21 Å². The molecule has 0 unspecified atom stereocenters. The lowest BCUT2D eigenvalue weighted by molar-refractivity contribution is -0.474. The third-order valence-electron chi connectivity index (χ3n) is 3.10. The summed E-state index contributed by atoms with van der Waals surface area (Å²) in [6, 6.07) is 6.25. The van der Waals surface area contributed by atoms with Crippen LogP contribution in [0.1, 0.15) is 29.6 Å². The molecule has 5 nitrogen and oxygen atoms in total. The molecule has 0 saturated heterocycles. The van der Waals surface area contributed by atoms with E-state index in [9.17, 15) is 10.0 Å². The van der Waals surface area contributed by atoms with Crippen molar-refractivity contribution < 1.29 is 14.7 Å². The van der Waals surface area contributed by atoms with Gasteiger partial charge in [0.25, 0.3) is 0 Å². The summed E-state index contributed by atoms with van der Waals surface area (Å²) in [6.45, 7) is 0. The fourth-order valence-corrected chi connectivity index (χ4v) is 2.36. The van der Waals surface area contributed by atoms with Gasteiger partial charge >= 0.3 is 0 Å². The van der Waals surface area contributed by atoms with Gasteiger partial charge in [-0.3, -0.25) is 4.79 Å². The van der Waals surface area contributed by atoms with Crippen molar-refractivity contribution >= 4 is 33.6 Å². The molecule has 1 fully saturated rings. The highest BCUT2D eigenvalue weighted by atomic mass is 79.9. The number of hydroxylamine groups is 1. The number of halogens is 1. The first kappa shape index (κ1) is 13.7. The van der Waals surface area contributed by atoms with Gasteiger partial charge in [0.05, 0.1) is 0 Å². The third kappa shape index (κ3) is 3.20. The van der Waals surface area contributed by atoms with Gasteiger partial charge in [-0.1, -0.05) is 21.1 Å². The maximum atomic E-state index is 11.9. The molecule has 0 bridgehead atoms. The molecular weight excluding hydrogens is 312 g/mol. The van der Waals surface area contributed by atoms with Crippen LogP contribution in [0.3, 0.4) is 0 Å². The van der Waals surface area contributed by atoms with Crippen molar-refractivity contribution in [1.29, 1.82) is 0 Å². The molecule has 1 aromatic carbocycles. The van der Waals surface area contributed by atoms with Crippen molar-refractivity contribution in [3.63, 3.8) is 0 Å². The fraction of sp³-hybridized carbons (Fsp3) is 0.308. The van der Waals surface area contributed by atoms with Crippen molar-refractivity contribution in [1.82, 2.24) is 0 Å². The molecule has 1 atom stereocenters. The van der Waals surface area contributed by atoms with Gasteiger partial charge in [-0.2, -0.15) is 4.74 Å². The Hall–Kier alpha value is -1.69. The highest BCUT2D eigenvalue weighted by Crippen LogP contribution is 2.18. The minimum Gasteiger partial charge on any atom is -0.623 e. The van der Waals surface area contributed by atoms with Crippen LogP contribution in [0.25, 0.3) is 0 Å². The normalized spacial score (nSPS) is 21.8. The first-order chi connectivity index (χ1) is 9.11. The van der Waals surface area contributed by atoms with Crippen LogP contribution < -0.4 is 0 Å². The van der Waals surface area contributed by atoms with Gasteiger partial charge in [0.15, 0.2) is 0 Å². The minimum atomic E-state index is -0.524. The number of hydrogen-bond acceptors (Lipinski definition) is 4. The first-order valence-corrected chi connectivity index (χ1v) is 6.72. The summed E-state index contributed by atoms with van der Waals surface area (Å²) in [5.74, 6) is -0.355. The van der Waals surface area contributed by atoms with E-state index in [1.165, 1.54) is 0 Å². The molecule has 0 radical (unpaired) electrons. The number of carbonyl (C=O) groups excluding carboxylic acids is 1. The zero-order valence-electron chi connectivity index (χ0n) is 10.1. The van der Waals surface area contributed by atoms with E-state index in [0.29, 0.717) is 28.9 Å². The van der Waals surface area contributed by atoms with Crippen LogP contribution in [0.15, 0.2) is 33.9 Å². The molecule has 6 heteroatoms. The van der Waals surface area contributed by atoms with Gasteiger partial charge in [0.1, 0.15) is 5.71 Å². The molecule has 1 N–H and O–H groups in total. The van der Waals surface area contributed by atoms with Crippen molar-refractivity contribution in [3.05, 3.63) is 39.5 Å². The standard InChI is InChI=1S/C13H13BrN2O3/c14-10-6-4-9(5-7-10)13(17)8-16(19)12-3-1-2-11(12)15-18/h4-8,12,18H,1-3H2/b15-11-,16-8-/t12-/m0/s1. The van der Waals surface area contributed by atoms with E-state index >= 15 is 0 Å². The molecule has 1 aliphatic carbocycles. The number of Topliss-reactive ketones (excluding diaryl/α,β-unsaturated/α-hetero) is 1. The fourth-order valence-electron chi connectivity index (χ4n) is 2.09. The smallest absolute Gasteiger partial charge is 0.249 e. The number of benzene rings is 1. The average molecular weight is 325 g/mol. The minimum absolute atomic E-state index is 0.355. The molecule has 0 spiro atoms. The molecule has 1 aromatic rings. The van der Waals surface area contributed by atoms with Gasteiger partial charge in [0.2, 0.25) is 18.0 Å². The Bertz CT molecular complexity index is 537. The van der Waals surface area contributed by atoms with Crippen LogP contribution in [-0.2, 0) is 0 Å². The predicted octanol–water partition coefficient (Wildman–Crippen LogP) is 2.60.